The zero-order valence-electron chi connectivity index (χ0n) is 24.1. The van der Waals surface area contributed by atoms with E-state index in [4.69, 9.17) is 4.98 Å². The van der Waals surface area contributed by atoms with Gasteiger partial charge in [0.1, 0.15) is 23.7 Å². The number of nitrogens with zero attached hydrogens (tertiary/aromatic N) is 3. The second-order valence-electron chi connectivity index (χ2n) is 14.2. The van der Waals surface area contributed by atoms with Crippen molar-refractivity contribution in [3.63, 3.8) is 0 Å². The molecular weight excluding hydrogens is 504 g/mol. The van der Waals surface area contributed by atoms with Crippen LogP contribution in [0.25, 0.3) is 27.4 Å². The van der Waals surface area contributed by atoms with Gasteiger partial charge in [0, 0.05) is 48.3 Å². The summed E-state index contributed by atoms with van der Waals surface area (Å²) in [5, 5.41) is 15.8. The van der Waals surface area contributed by atoms with Crippen LogP contribution in [-0.4, -0.2) is 74.4 Å². The van der Waals surface area contributed by atoms with Crippen molar-refractivity contribution in [3.05, 3.63) is 72.6 Å². The van der Waals surface area contributed by atoms with Crippen molar-refractivity contribution in [3.8, 4) is 0 Å². The minimum absolute atomic E-state index is 0.0583. The van der Waals surface area contributed by atoms with Gasteiger partial charge in [0.25, 0.3) is 0 Å². The standard InChI is InChI=1S/C36H43N4O/c41-36-17-7-3-1-2-4-8-19-39-20-16-30(35(24-39)22-26-14-13-25-10-9-21-40(25,26)34(35)36)29(23-36)32-33-28(15-18-37-32)27-11-5-6-12-31(27)38-33/h1,3,5-6,11-15,18,23,25-26,30,34,38,41H,2,4,7-10,16-17,19-22,24H2/q+1/b3-1-/t25-,26+,30+,34-,35+,36+,40?/m1/s1. The first-order chi connectivity index (χ1) is 20.1. The van der Waals surface area contributed by atoms with Crippen molar-refractivity contribution in [2.45, 2.75) is 81.5 Å². The lowest BCUT2D eigenvalue weighted by molar-refractivity contribution is -0.964. The number of piperidine rings is 1. The number of fused-ring (bicyclic) bond motifs is 4. The highest BCUT2D eigenvalue weighted by Crippen LogP contribution is 2.66. The predicted molar refractivity (Wildman–Crippen MR) is 165 cm³/mol. The number of hydrogen-bond acceptors (Lipinski definition) is 3. The summed E-state index contributed by atoms with van der Waals surface area (Å²) in [5.74, 6) is 0.418. The molecule has 5 heteroatoms. The van der Waals surface area contributed by atoms with Gasteiger partial charge in [0.2, 0.25) is 0 Å². The Morgan fingerprint density at radius 1 is 0.951 bits per heavy atom. The van der Waals surface area contributed by atoms with E-state index in [2.05, 4.69) is 70.6 Å². The number of nitrogens with one attached hydrogen (secondary N) is 1. The first kappa shape index (κ1) is 24.8. The Hall–Kier alpha value is -2.73. The topological polar surface area (TPSA) is 52.2 Å². The number of allylic oxidation sites excluding steroid dienone is 3. The van der Waals surface area contributed by atoms with Gasteiger partial charge in [0.15, 0.2) is 0 Å². The summed E-state index contributed by atoms with van der Waals surface area (Å²) in [6.45, 7) is 4.68. The fourth-order valence-corrected chi connectivity index (χ4v) is 11.1. The van der Waals surface area contributed by atoms with Gasteiger partial charge in [-0.1, -0.05) is 30.4 Å². The van der Waals surface area contributed by atoms with Crippen LogP contribution >= 0.6 is 0 Å². The molecule has 3 fully saturated rings. The molecule has 2 spiro atoms. The molecule has 41 heavy (non-hydrogen) atoms. The van der Waals surface area contributed by atoms with Gasteiger partial charge in [-0.15, -0.1) is 0 Å². The van der Waals surface area contributed by atoms with E-state index in [9.17, 15) is 5.11 Å². The Morgan fingerprint density at radius 3 is 2.83 bits per heavy atom. The number of H-pyrrole nitrogens is 1. The number of pyridine rings is 1. The van der Waals surface area contributed by atoms with Crippen molar-refractivity contribution >= 4 is 27.4 Å². The van der Waals surface area contributed by atoms with E-state index in [-0.39, 0.29) is 11.5 Å². The SMILES string of the molecule is O[C@]12C=C(c3nccc4c3[nH]c3ccccc34)[C@@H]3CCN(CCCC/C=C\CC1)C[C@@]31C[C@@H]3C=C[C@H]4CCC[N+]43[C@H]12. The van der Waals surface area contributed by atoms with E-state index in [1.165, 1.54) is 67.1 Å². The van der Waals surface area contributed by atoms with Gasteiger partial charge in [-0.3, -0.25) is 4.98 Å². The Labute approximate surface area is 243 Å². The van der Waals surface area contributed by atoms with Crippen molar-refractivity contribution in [1.82, 2.24) is 14.9 Å². The molecule has 2 N–H and O–H groups in total. The molecule has 0 amide bonds. The largest absolute Gasteiger partial charge is 0.379 e. The third kappa shape index (κ3) is 3.31. The average molecular weight is 548 g/mol. The van der Waals surface area contributed by atoms with Gasteiger partial charge in [0.05, 0.1) is 23.2 Å². The molecular formula is C36H43N4O+. The number of aromatic amines is 1. The normalized spacial score (nSPS) is 42.3. The molecule has 212 valence electrons. The van der Waals surface area contributed by atoms with Gasteiger partial charge >= 0.3 is 0 Å². The first-order valence-electron chi connectivity index (χ1n) is 16.4. The molecule has 1 aromatic carbocycles. The van der Waals surface area contributed by atoms with Crippen LogP contribution in [0.2, 0.25) is 0 Å². The lowest BCUT2D eigenvalue weighted by atomic mass is 9.54. The van der Waals surface area contributed by atoms with Gasteiger partial charge in [-0.05, 0) is 93.5 Å². The summed E-state index contributed by atoms with van der Waals surface area (Å²) in [6.07, 6.45) is 24.6. The smallest absolute Gasteiger partial charge is 0.136 e. The van der Waals surface area contributed by atoms with Crippen molar-refractivity contribution in [2.24, 2.45) is 11.3 Å². The molecule has 3 aromatic rings. The van der Waals surface area contributed by atoms with Crippen LogP contribution in [0.15, 0.2) is 66.9 Å². The second-order valence-corrected chi connectivity index (χ2v) is 14.2. The number of benzene rings is 1. The van der Waals surface area contributed by atoms with Crippen molar-refractivity contribution < 1.29 is 9.59 Å². The molecule has 5 nitrogen and oxygen atoms in total. The monoisotopic (exact) mass is 547 g/mol. The van der Waals surface area contributed by atoms with Gasteiger partial charge in [-0.2, -0.15) is 0 Å². The maximum absolute atomic E-state index is 13.3. The van der Waals surface area contributed by atoms with E-state index in [0.29, 0.717) is 18.0 Å². The summed E-state index contributed by atoms with van der Waals surface area (Å²) < 4.78 is 1.12. The van der Waals surface area contributed by atoms with Crippen molar-refractivity contribution in [1.29, 1.82) is 0 Å². The molecule has 3 saturated heterocycles. The summed E-state index contributed by atoms with van der Waals surface area (Å²) >= 11 is 0. The lowest BCUT2D eigenvalue weighted by Gasteiger charge is -2.59. The predicted octanol–water partition coefficient (Wildman–Crippen LogP) is 6.36. The highest BCUT2D eigenvalue weighted by molar-refractivity contribution is 6.09. The molecule has 8 atom stereocenters. The minimum atomic E-state index is -0.855. The Bertz CT molecular complexity index is 1620. The number of hydrogen-bond donors (Lipinski definition) is 2. The number of aliphatic hydroxyl groups is 1. The molecule has 3 bridgehead atoms. The van der Waals surface area contributed by atoms with Gasteiger partial charge < -0.3 is 19.5 Å². The molecule has 0 radical (unpaired) electrons. The van der Waals surface area contributed by atoms with Crippen LogP contribution in [0.1, 0.15) is 63.5 Å². The zero-order chi connectivity index (χ0) is 27.2. The Morgan fingerprint density at radius 2 is 1.85 bits per heavy atom. The summed E-state index contributed by atoms with van der Waals surface area (Å²) in [7, 11) is 0. The van der Waals surface area contributed by atoms with Crippen LogP contribution in [0.5, 0.6) is 0 Å². The summed E-state index contributed by atoms with van der Waals surface area (Å²) in [6, 6.07) is 12.2. The molecule has 2 aromatic heterocycles. The van der Waals surface area contributed by atoms with E-state index < -0.39 is 5.60 Å². The van der Waals surface area contributed by atoms with E-state index in [1.807, 2.05) is 6.20 Å². The number of rotatable bonds is 1. The summed E-state index contributed by atoms with van der Waals surface area (Å²) in [4.78, 5) is 11.7. The van der Waals surface area contributed by atoms with Crippen LogP contribution in [0.4, 0.5) is 0 Å². The molecule has 2 unspecified atom stereocenters. The third-order valence-corrected chi connectivity index (χ3v) is 12.3. The zero-order valence-corrected chi connectivity index (χ0v) is 24.1. The number of quaternary nitrogens is 1. The molecule has 5 aliphatic heterocycles. The minimum Gasteiger partial charge on any atom is -0.379 e. The van der Waals surface area contributed by atoms with Crippen LogP contribution < -0.4 is 0 Å². The van der Waals surface area contributed by atoms with E-state index in [0.717, 1.165) is 54.5 Å². The number of aromatic nitrogens is 2. The fraction of sp³-hybridized carbons (Fsp3) is 0.528. The highest BCUT2D eigenvalue weighted by Gasteiger charge is 2.76. The van der Waals surface area contributed by atoms with E-state index >= 15 is 0 Å². The Balaban J connectivity index is 1.29. The lowest BCUT2D eigenvalue weighted by Crippen LogP contribution is -2.72. The maximum atomic E-state index is 13.3. The van der Waals surface area contributed by atoms with Crippen LogP contribution in [0, 0.1) is 11.3 Å². The molecule has 7 heterocycles. The number of para-hydroxylation sites is 1. The molecule has 6 aliphatic rings. The first-order valence-corrected chi connectivity index (χ1v) is 16.4. The Kier molecular flexibility index (Phi) is 5.38. The highest BCUT2D eigenvalue weighted by atomic mass is 16.3. The van der Waals surface area contributed by atoms with E-state index in [1.54, 1.807) is 0 Å². The second kappa shape index (κ2) is 8.89. The maximum Gasteiger partial charge on any atom is 0.136 e. The third-order valence-electron chi connectivity index (χ3n) is 12.3. The van der Waals surface area contributed by atoms with Crippen LogP contribution in [-0.2, 0) is 0 Å². The quantitative estimate of drug-likeness (QED) is 0.275. The summed E-state index contributed by atoms with van der Waals surface area (Å²) in [5.41, 5.74) is 3.90. The molecule has 0 saturated carbocycles. The van der Waals surface area contributed by atoms with Gasteiger partial charge in [-0.25, -0.2) is 0 Å². The van der Waals surface area contributed by atoms with Crippen molar-refractivity contribution in [2.75, 3.05) is 26.2 Å². The molecule has 1 aliphatic carbocycles. The fourth-order valence-electron chi connectivity index (χ4n) is 11.1. The molecule has 9 rings (SSSR count). The average Bonchev–Trinajstić information content (AvgIpc) is 3.71. The van der Waals surface area contributed by atoms with Crippen LogP contribution in [0.3, 0.4) is 0 Å².